The van der Waals surface area contributed by atoms with Crippen molar-refractivity contribution in [3.8, 4) is 0 Å². The number of rotatable bonds is 2. The van der Waals surface area contributed by atoms with E-state index >= 15 is 0 Å². The van der Waals surface area contributed by atoms with Crippen LogP contribution in [0.1, 0.15) is 5.56 Å². The molecule has 0 saturated carbocycles. The minimum absolute atomic E-state index is 0.744. The van der Waals surface area contributed by atoms with Gasteiger partial charge in [0.25, 0.3) is 0 Å². The average molecular weight is 202 g/mol. The second kappa shape index (κ2) is 3.79. The van der Waals surface area contributed by atoms with Crippen molar-refractivity contribution in [1.82, 2.24) is 0 Å². The van der Waals surface area contributed by atoms with Crippen LogP contribution in [0.3, 0.4) is 0 Å². The van der Waals surface area contributed by atoms with Crippen molar-refractivity contribution < 1.29 is 4.21 Å². The van der Waals surface area contributed by atoms with Gasteiger partial charge in [0.15, 0.2) is 0 Å². The summed E-state index contributed by atoms with van der Waals surface area (Å²) in [4.78, 5) is 1.58. The van der Waals surface area contributed by atoms with Gasteiger partial charge >= 0.3 is 0 Å². The Morgan fingerprint density at radius 2 is 1.93 bits per heavy atom. The largest absolute Gasteiger partial charge is 0.248 e. The number of aryl methyl sites for hydroxylation is 1. The first kappa shape index (κ1) is 9.20. The maximum atomic E-state index is 11.9. The van der Waals surface area contributed by atoms with E-state index in [4.69, 9.17) is 0 Å². The highest BCUT2D eigenvalue weighted by Gasteiger charge is 2.07. The van der Waals surface area contributed by atoms with Crippen molar-refractivity contribution in [2.75, 3.05) is 0 Å². The molecule has 14 heavy (non-hydrogen) atoms. The lowest BCUT2D eigenvalue weighted by Gasteiger charge is -2.00. The topological polar surface area (TPSA) is 17.1 Å². The van der Waals surface area contributed by atoms with Crippen LogP contribution in [0.25, 0.3) is 0 Å². The van der Waals surface area contributed by atoms with Gasteiger partial charge in [-0.25, -0.2) is 4.21 Å². The van der Waals surface area contributed by atoms with Gasteiger partial charge in [-0.3, -0.25) is 0 Å². The molecule has 1 aliphatic rings. The molecule has 0 bridgehead atoms. The van der Waals surface area contributed by atoms with E-state index in [2.05, 4.69) is 5.73 Å². The van der Waals surface area contributed by atoms with Crippen LogP contribution in [0.15, 0.2) is 58.0 Å². The van der Waals surface area contributed by atoms with Crippen LogP contribution in [0.5, 0.6) is 0 Å². The maximum absolute atomic E-state index is 11.9. The quantitative estimate of drug-likeness (QED) is 0.674. The molecule has 70 valence electrons. The van der Waals surface area contributed by atoms with Crippen LogP contribution >= 0.6 is 0 Å². The summed E-state index contributed by atoms with van der Waals surface area (Å²) in [5.41, 5.74) is 4.13. The third-order valence-corrected chi connectivity index (χ3v) is 3.36. The Morgan fingerprint density at radius 1 is 1.21 bits per heavy atom. The van der Waals surface area contributed by atoms with E-state index in [1.807, 2.05) is 43.3 Å². The zero-order valence-electron chi connectivity index (χ0n) is 7.86. The van der Waals surface area contributed by atoms with Gasteiger partial charge in [-0.15, -0.1) is 5.73 Å². The van der Waals surface area contributed by atoms with Crippen molar-refractivity contribution in [3.05, 3.63) is 58.7 Å². The Labute approximate surface area is 85.9 Å². The fourth-order valence-corrected chi connectivity index (χ4v) is 2.23. The fourth-order valence-electron chi connectivity index (χ4n) is 1.22. The first-order valence-electron chi connectivity index (χ1n) is 4.39. The molecule has 1 aromatic rings. The first-order chi connectivity index (χ1) is 6.77. The van der Waals surface area contributed by atoms with Crippen LogP contribution < -0.4 is 0 Å². The van der Waals surface area contributed by atoms with Crippen LogP contribution in [0.2, 0.25) is 0 Å². The summed E-state index contributed by atoms with van der Waals surface area (Å²) in [5.74, 6) is 0. The third kappa shape index (κ3) is 1.77. The number of hydrogen-bond donors (Lipinski definition) is 0. The highest BCUT2D eigenvalue weighted by atomic mass is 32.2. The first-order valence-corrected chi connectivity index (χ1v) is 5.54. The van der Waals surface area contributed by atoms with Crippen molar-refractivity contribution in [3.63, 3.8) is 0 Å². The molecule has 0 N–H and O–H groups in total. The molecule has 0 radical (unpaired) electrons. The summed E-state index contributed by atoms with van der Waals surface area (Å²) >= 11 is 0. The Hall–Kier alpha value is -1.37. The molecule has 1 aromatic carbocycles. The molecule has 0 aromatic heterocycles. The summed E-state index contributed by atoms with van der Waals surface area (Å²) in [5, 5.41) is 0. The number of hydrogen-bond acceptors (Lipinski definition) is 1. The van der Waals surface area contributed by atoms with E-state index in [-0.39, 0.29) is 0 Å². The summed E-state index contributed by atoms with van der Waals surface area (Å²) in [6.07, 6.45) is 5.46. The molecule has 1 aliphatic carbocycles. The Kier molecular flexibility index (Phi) is 2.49. The van der Waals surface area contributed by atoms with Gasteiger partial charge in [-0.1, -0.05) is 23.8 Å². The Bertz CT molecular complexity index is 460. The van der Waals surface area contributed by atoms with E-state index in [0.29, 0.717) is 0 Å². The van der Waals surface area contributed by atoms with E-state index in [9.17, 15) is 4.21 Å². The molecular weight excluding hydrogens is 192 g/mol. The Balaban J connectivity index is 2.32. The number of benzene rings is 1. The molecule has 2 rings (SSSR count). The second-order valence-electron chi connectivity index (χ2n) is 3.12. The molecule has 0 fully saturated rings. The highest BCUT2D eigenvalue weighted by Crippen LogP contribution is 2.17. The Morgan fingerprint density at radius 3 is 2.50 bits per heavy atom. The van der Waals surface area contributed by atoms with Gasteiger partial charge in [0.1, 0.15) is 0 Å². The summed E-state index contributed by atoms with van der Waals surface area (Å²) in [6, 6.07) is 7.73. The zero-order valence-corrected chi connectivity index (χ0v) is 8.67. The van der Waals surface area contributed by atoms with Gasteiger partial charge in [0, 0.05) is 4.90 Å². The molecule has 0 amide bonds. The molecule has 0 aliphatic heterocycles. The van der Waals surface area contributed by atoms with E-state index in [1.165, 1.54) is 5.56 Å². The lowest BCUT2D eigenvalue weighted by Crippen LogP contribution is -1.91. The van der Waals surface area contributed by atoms with Crippen LogP contribution in [-0.4, -0.2) is 4.21 Å². The number of allylic oxidation sites excluding steroid dienone is 2. The van der Waals surface area contributed by atoms with E-state index < -0.39 is 10.8 Å². The third-order valence-electron chi connectivity index (χ3n) is 2.00. The van der Waals surface area contributed by atoms with Crippen molar-refractivity contribution in [2.24, 2.45) is 0 Å². The molecule has 0 spiro atoms. The minimum atomic E-state index is -1.08. The summed E-state index contributed by atoms with van der Waals surface area (Å²) in [7, 11) is -1.08. The summed E-state index contributed by atoms with van der Waals surface area (Å²) < 4.78 is 11.9. The molecule has 0 heterocycles. The van der Waals surface area contributed by atoms with E-state index in [1.54, 1.807) is 6.08 Å². The molecular formula is C12H10OS. The van der Waals surface area contributed by atoms with Crippen molar-refractivity contribution >= 4 is 10.8 Å². The van der Waals surface area contributed by atoms with Crippen molar-refractivity contribution in [1.29, 1.82) is 0 Å². The lowest BCUT2D eigenvalue weighted by molar-refractivity contribution is 0.687. The SMILES string of the molecule is Cc1ccc(S(=O)C2=C=CC=C2)cc1. The van der Waals surface area contributed by atoms with Gasteiger partial charge in [0.05, 0.1) is 15.7 Å². The van der Waals surface area contributed by atoms with E-state index in [0.717, 1.165) is 9.80 Å². The molecule has 0 saturated heterocycles. The summed E-state index contributed by atoms with van der Waals surface area (Å²) in [6.45, 7) is 2.02. The minimum Gasteiger partial charge on any atom is -0.248 e. The van der Waals surface area contributed by atoms with Gasteiger partial charge < -0.3 is 0 Å². The smallest absolute Gasteiger partial charge is 0.0928 e. The van der Waals surface area contributed by atoms with Crippen LogP contribution in [0, 0.1) is 6.92 Å². The van der Waals surface area contributed by atoms with Gasteiger partial charge in [-0.05, 0) is 31.2 Å². The monoisotopic (exact) mass is 202 g/mol. The molecule has 2 heteroatoms. The predicted molar refractivity (Wildman–Crippen MR) is 58.3 cm³/mol. The van der Waals surface area contributed by atoms with Crippen molar-refractivity contribution in [2.45, 2.75) is 11.8 Å². The fraction of sp³-hybridized carbons (Fsp3) is 0.0833. The van der Waals surface area contributed by atoms with Gasteiger partial charge in [0.2, 0.25) is 0 Å². The average Bonchev–Trinajstić information content (AvgIpc) is 2.71. The highest BCUT2D eigenvalue weighted by molar-refractivity contribution is 7.89. The molecule has 1 atom stereocenters. The van der Waals surface area contributed by atoms with Crippen LogP contribution in [-0.2, 0) is 10.8 Å². The van der Waals surface area contributed by atoms with Crippen LogP contribution in [0.4, 0.5) is 0 Å². The normalized spacial score (nSPS) is 15.6. The maximum Gasteiger partial charge on any atom is 0.0928 e. The molecule has 1 unspecified atom stereocenters. The predicted octanol–water partition coefficient (Wildman–Crippen LogP) is 2.71. The second-order valence-corrected chi connectivity index (χ2v) is 4.56. The zero-order chi connectivity index (χ0) is 9.97. The lowest BCUT2D eigenvalue weighted by atomic mass is 10.2. The standard InChI is InChI=1S/C12H10OS/c1-10-6-8-12(9-7-10)14(13)11-4-2-3-5-11/h2-4,6-9H,1H3. The molecule has 1 nitrogen and oxygen atoms in total. The van der Waals surface area contributed by atoms with Gasteiger partial charge in [-0.2, -0.15) is 0 Å².